The van der Waals surface area contributed by atoms with E-state index in [4.69, 9.17) is 0 Å². The minimum Gasteiger partial charge on any atom is -0.326 e. The van der Waals surface area contributed by atoms with E-state index >= 15 is 0 Å². The first-order valence-corrected chi connectivity index (χ1v) is 7.81. The second kappa shape index (κ2) is 7.58. The lowest BCUT2D eigenvalue weighted by Crippen LogP contribution is -2.18. The molecule has 4 nitrogen and oxygen atoms in total. The summed E-state index contributed by atoms with van der Waals surface area (Å²) < 4.78 is 0. The zero-order chi connectivity index (χ0) is 16.8. The molecule has 0 spiro atoms. The molecule has 2 aromatic carbocycles. The van der Waals surface area contributed by atoms with Crippen molar-refractivity contribution in [3.63, 3.8) is 0 Å². The van der Waals surface area contributed by atoms with Gasteiger partial charge >= 0.3 is 0 Å². The SMILES string of the molecule is CCc1ccc(C(=O)Nc2cccc(NC(=O)C(C)C)c2)cc1. The summed E-state index contributed by atoms with van der Waals surface area (Å²) in [4.78, 5) is 24.0. The summed E-state index contributed by atoms with van der Waals surface area (Å²) in [5.41, 5.74) is 3.12. The lowest BCUT2D eigenvalue weighted by molar-refractivity contribution is -0.118. The molecule has 0 saturated heterocycles. The molecular formula is C19H22N2O2. The summed E-state index contributed by atoms with van der Waals surface area (Å²) in [7, 11) is 0. The Morgan fingerprint density at radius 2 is 1.57 bits per heavy atom. The van der Waals surface area contributed by atoms with Gasteiger partial charge in [0.15, 0.2) is 0 Å². The van der Waals surface area contributed by atoms with E-state index in [9.17, 15) is 9.59 Å². The number of aryl methyl sites for hydroxylation is 1. The van der Waals surface area contributed by atoms with E-state index in [1.807, 2.05) is 38.1 Å². The van der Waals surface area contributed by atoms with E-state index in [0.717, 1.165) is 6.42 Å². The molecule has 0 unspecified atom stereocenters. The lowest BCUT2D eigenvalue weighted by atomic mass is 10.1. The number of hydrogen-bond donors (Lipinski definition) is 2. The third-order valence-corrected chi connectivity index (χ3v) is 3.54. The van der Waals surface area contributed by atoms with Gasteiger partial charge in [0.25, 0.3) is 5.91 Å². The van der Waals surface area contributed by atoms with Crippen molar-refractivity contribution in [3.8, 4) is 0 Å². The quantitative estimate of drug-likeness (QED) is 0.873. The van der Waals surface area contributed by atoms with Crippen LogP contribution in [0, 0.1) is 5.92 Å². The molecule has 23 heavy (non-hydrogen) atoms. The van der Waals surface area contributed by atoms with Gasteiger partial charge in [-0.25, -0.2) is 0 Å². The summed E-state index contributed by atoms with van der Waals surface area (Å²) in [6, 6.07) is 14.7. The van der Waals surface area contributed by atoms with Crippen molar-refractivity contribution in [2.75, 3.05) is 10.6 Å². The van der Waals surface area contributed by atoms with Gasteiger partial charge in [-0.2, -0.15) is 0 Å². The van der Waals surface area contributed by atoms with Gasteiger partial charge in [-0.1, -0.05) is 39.0 Å². The third-order valence-electron chi connectivity index (χ3n) is 3.54. The summed E-state index contributed by atoms with van der Waals surface area (Å²) in [5.74, 6) is -0.311. The number of rotatable bonds is 5. The molecule has 4 heteroatoms. The van der Waals surface area contributed by atoms with Gasteiger partial charge in [-0.3, -0.25) is 9.59 Å². The van der Waals surface area contributed by atoms with Crippen LogP contribution in [0.5, 0.6) is 0 Å². The molecule has 0 aliphatic rings. The maximum absolute atomic E-state index is 12.3. The van der Waals surface area contributed by atoms with Crippen LogP contribution in [0.4, 0.5) is 11.4 Å². The van der Waals surface area contributed by atoms with Gasteiger partial charge < -0.3 is 10.6 Å². The van der Waals surface area contributed by atoms with E-state index in [1.165, 1.54) is 5.56 Å². The van der Waals surface area contributed by atoms with Gasteiger partial charge in [0.2, 0.25) is 5.91 Å². The summed E-state index contributed by atoms with van der Waals surface area (Å²) in [5, 5.41) is 5.67. The van der Waals surface area contributed by atoms with Gasteiger partial charge in [-0.15, -0.1) is 0 Å². The highest BCUT2D eigenvalue weighted by molar-refractivity contribution is 6.04. The van der Waals surface area contributed by atoms with Gasteiger partial charge in [0, 0.05) is 22.9 Å². The average Bonchev–Trinajstić information content (AvgIpc) is 2.55. The summed E-state index contributed by atoms with van der Waals surface area (Å²) in [6.45, 7) is 5.74. The van der Waals surface area contributed by atoms with Crippen LogP contribution in [0.3, 0.4) is 0 Å². The predicted octanol–water partition coefficient (Wildman–Crippen LogP) is 4.10. The van der Waals surface area contributed by atoms with Gasteiger partial charge in [-0.05, 0) is 42.3 Å². The second-order valence-corrected chi connectivity index (χ2v) is 5.73. The minimum atomic E-state index is -0.167. The van der Waals surface area contributed by atoms with Crippen molar-refractivity contribution in [1.29, 1.82) is 0 Å². The van der Waals surface area contributed by atoms with E-state index in [2.05, 4.69) is 17.6 Å². The van der Waals surface area contributed by atoms with Gasteiger partial charge in [0.05, 0.1) is 0 Å². The number of nitrogens with one attached hydrogen (secondary N) is 2. The molecular weight excluding hydrogens is 288 g/mol. The lowest BCUT2D eigenvalue weighted by Gasteiger charge is -2.10. The molecule has 2 rings (SSSR count). The molecule has 120 valence electrons. The van der Waals surface area contributed by atoms with Crippen LogP contribution >= 0.6 is 0 Å². The zero-order valence-corrected chi connectivity index (χ0v) is 13.7. The van der Waals surface area contributed by atoms with Crippen molar-refractivity contribution in [1.82, 2.24) is 0 Å². The number of amides is 2. The van der Waals surface area contributed by atoms with Crippen molar-refractivity contribution in [2.24, 2.45) is 5.92 Å². The fourth-order valence-corrected chi connectivity index (χ4v) is 2.06. The van der Waals surface area contributed by atoms with Crippen LogP contribution in [-0.2, 0) is 11.2 Å². The van der Waals surface area contributed by atoms with Gasteiger partial charge in [0.1, 0.15) is 0 Å². The highest BCUT2D eigenvalue weighted by Gasteiger charge is 2.09. The maximum atomic E-state index is 12.3. The molecule has 2 aromatic rings. The van der Waals surface area contributed by atoms with E-state index in [1.54, 1.807) is 24.3 Å². The Bertz CT molecular complexity index is 691. The Balaban J connectivity index is 2.07. The van der Waals surface area contributed by atoms with E-state index < -0.39 is 0 Å². The van der Waals surface area contributed by atoms with Crippen molar-refractivity contribution < 1.29 is 9.59 Å². The molecule has 0 saturated carbocycles. The van der Waals surface area contributed by atoms with Crippen LogP contribution in [0.2, 0.25) is 0 Å². The number of anilines is 2. The Morgan fingerprint density at radius 1 is 0.957 bits per heavy atom. The molecule has 0 fully saturated rings. The molecule has 0 radical (unpaired) electrons. The van der Waals surface area contributed by atoms with Crippen LogP contribution in [0.1, 0.15) is 36.7 Å². The Hall–Kier alpha value is -2.62. The van der Waals surface area contributed by atoms with Crippen molar-refractivity contribution in [3.05, 3.63) is 59.7 Å². The molecule has 0 aromatic heterocycles. The smallest absolute Gasteiger partial charge is 0.255 e. The largest absolute Gasteiger partial charge is 0.326 e. The highest BCUT2D eigenvalue weighted by atomic mass is 16.2. The fourth-order valence-electron chi connectivity index (χ4n) is 2.06. The Labute approximate surface area is 136 Å². The molecule has 0 aliphatic carbocycles. The van der Waals surface area contributed by atoms with Crippen molar-refractivity contribution in [2.45, 2.75) is 27.2 Å². The van der Waals surface area contributed by atoms with E-state index in [-0.39, 0.29) is 17.7 Å². The molecule has 0 atom stereocenters. The highest BCUT2D eigenvalue weighted by Crippen LogP contribution is 2.17. The topological polar surface area (TPSA) is 58.2 Å². The first kappa shape index (κ1) is 16.7. The number of carbonyl (C=O) groups is 2. The predicted molar refractivity (Wildman–Crippen MR) is 93.7 cm³/mol. The summed E-state index contributed by atoms with van der Waals surface area (Å²) in [6.07, 6.45) is 0.944. The van der Waals surface area contributed by atoms with Crippen LogP contribution in [0.15, 0.2) is 48.5 Å². The fraction of sp³-hybridized carbons (Fsp3) is 0.263. The Kier molecular flexibility index (Phi) is 5.52. The summed E-state index contributed by atoms with van der Waals surface area (Å²) >= 11 is 0. The van der Waals surface area contributed by atoms with E-state index in [0.29, 0.717) is 16.9 Å². The molecule has 2 N–H and O–H groups in total. The number of carbonyl (C=O) groups excluding carboxylic acids is 2. The first-order valence-electron chi connectivity index (χ1n) is 7.81. The molecule has 0 aliphatic heterocycles. The first-order chi connectivity index (χ1) is 11.0. The second-order valence-electron chi connectivity index (χ2n) is 5.73. The average molecular weight is 310 g/mol. The Morgan fingerprint density at radius 3 is 2.13 bits per heavy atom. The number of hydrogen-bond acceptors (Lipinski definition) is 2. The molecule has 0 heterocycles. The van der Waals surface area contributed by atoms with Crippen LogP contribution in [0.25, 0.3) is 0 Å². The maximum Gasteiger partial charge on any atom is 0.255 e. The zero-order valence-electron chi connectivity index (χ0n) is 13.7. The van der Waals surface area contributed by atoms with Crippen molar-refractivity contribution >= 4 is 23.2 Å². The minimum absolute atomic E-state index is 0.0522. The van der Waals surface area contributed by atoms with Crippen LogP contribution in [-0.4, -0.2) is 11.8 Å². The molecule has 0 bridgehead atoms. The van der Waals surface area contributed by atoms with Crippen LogP contribution < -0.4 is 10.6 Å². The molecule has 2 amide bonds. The standard InChI is InChI=1S/C19H22N2O2/c1-4-14-8-10-15(11-9-14)19(23)21-17-7-5-6-16(12-17)20-18(22)13(2)3/h5-13H,4H2,1-3H3,(H,20,22)(H,21,23). The third kappa shape index (κ3) is 4.68. The normalized spacial score (nSPS) is 10.4. The number of benzene rings is 2. The monoisotopic (exact) mass is 310 g/mol.